The van der Waals surface area contributed by atoms with E-state index >= 15 is 0 Å². The van der Waals surface area contributed by atoms with Crippen molar-refractivity contribution in [1.29, 1.82) is 0 Å². The van der Waals surface area contributed by atoms with E-state index in [1.807, 2.05) is 36.4 Å². The van der Waals surface area contributed by atoms with Crippen molar-refractivity contribution in [2.45, 2.75) is 26.9 Å². The molecule has 3 aromatic rings. The summed E-state index contributed by atoms with van der Waals surface area (Å²) >= 11 is 1.58. The molecule has 0 saturated carbocycles. The molecule has 29 heavy (non-hydrogen) atoms. The zero-order valence-electron chi connectivity index (χ0n) is 16.7. The number of aromatic nitrogens is 1. The smallest absolute Gasteiger partial charge is 0.180 e. The van der Waals surface area contributed by atoms with E-state index in [0.29, 0.717) is 6.54 Å². The number of hydrazine groups is 1. The van der Waals surface area contributed by atoms with Gasteiger partial charge in [0.25, 0.3) is 0 Å². The van der Waals surface area contributed by atoms with E-state index in [4.69, 9.17) is 9.15 Å². The Bertz CT molecular complexity index is 1030. The molecule has 4 rings (SSSR count). The maximum atomic E-state index is 5.50. The molecule has 7 heteroatoms. The molecule has 0 spiro atoms. The topological polar surface area (TPSA) is 63.7 Å². The fraction of sp³-hybridized carbons (Fsp3) is 0.227. The van der Waals surface area contributed by atoms with E-state index in [-0.39, 0.29) is 0 Å². The summed E-state index contributed by atoms with van der Waals surface area (Å²) in [4.78, 5) is 4.64. The number of amidine groups is 1. The van der Waals surface area contributed by atoms with E-state index in [2.05, 4.69) is 45.7 Å². The second kappa shape index (κ2) is 8.53. The fourth-order valence-electron chi connectivity index (χ4n) is 3.27. The molecular weight excluding hydrogens is 384 g/mol. The van der Waals surface area contributed by atoms with Gasteiger partial charge in [-0.2, -0.15) is 0 Å². The molecule has 0 bridgehead atoms. The normalized spacial score (nSPS) is 15.0. The Morgan fingerprint density at radius 2 is 1.97 bits per heavy atom. The number of nitrogens with zero attached hydrogens (tertiary/aromatic N) is 2. The van der Waals surface area contributed by atoms with Crippen LogP contribution in [0.5, 0.6) is 5.75 Å². The highest BCUT2D eigenvalue weighted by molar-refractivity contribution is 8.16. The van der Waals surface area contributed by atoms with Gasteiger partial charge in [-0.15, -0.1) is 0 Å². The third-order valence-electron chi connectivity index (χ3n) is 4.91. The molecule has 6 nitrogen and oxygen atoms in total. The van der Waals surface area contributed by atoms with Crippen molar-refractivity contribution < 1.29 is 9.15 Å². The summed E-state index contributed by atoms with van der Waals surface area (Å²) < 4.78 is 13.0. The quantitative estimate of drug-likeness (QED) is 0.631. The van der Waals surface area contributed by atoms with Gasteiger partial charge in [-0.1, -0.05) is 23.9 Å². The standard InChI is InChI=1S/C22H24N4O2S/c1-15-11-20(16(2)26(15)13-19-5-4-10-28-19)21-14-29-22(25-24-21)23-12-17-6-8-18(27-3)9-7-17/h4-11,14,24H,12-13H2,1-3H3,(H,23,25). The van der Waals surface area contributed by atoms with Crippen LogP contribution >= 0.6 is 11.8 Å². The number of ether oxygens (including phenoxy) is 1. The van der Waals surface area contributed by atoms with Crippen molar-refractivity contribution in [3.63, 3.8) is 0 Å². The van der Waals surface area contributed by atoms with Crippen LogP contribution in [0.4, 0.5) is 0 Å². The minimum atomic E-state index is 0.613. The van der Waals surface area contributed by atoms with Gasteiger partial charge in [0, 0.05) is 22.4 Å². The van der Waals surface area contributed by atoms with E-state index in [9.17, 15) is 0 Å². The van der Waals surface area contributed by atoms with Crippen LogP contribution in [0.1, 0.15) is 28.3 Å². The van der Waals surface area contributed by atoms with E-state index in [1.54, 1.807) is 25.1 Å². The maximum absolute atomic E-state index is 5.50. The van der Waals surface area contributed by atoms with Crippen LogP contribution in [-0.2, 0) is 13.1 Å². The summed E-state index contributed by atoms with van der Waals surface area (Å²) in [5, 5.41) is 2.94. The number of aryl methyl sites for hydroxylation is 1. The van der Waals surface area contributed by atoms with Crippen LogP contribution in [0.15, 0.2) is 63.5 Å². The van der Waals surface area contributed by atoms with Crippen molar-refractivity contribution in [1.82, 2.24) is 15.4 Å². The Morgan fingerprint density at radius 3 is 2.62 bits per heavy atom. The number of aliphatic imine (C=N–C) groups is 1. The zero-order chi connectivity index (χ0) is 20.2. The average Bonchev–Trinajstić information content (AvgIpc) is 3.37. The molecule has 1 aliphatic rings. The Hall–Kier alpha value is -3.06. The molecule has 0 amide bonds. The van der Waals surface area contributed by atoms with Gasteiger partial charge in [0.15, 0.2) is 5.17 Å². The molecule has 0 radical (unpaired) electrons. The summed E-state index contributed by atoms with van der Waals surface area (Å²) in [6.45, 7) is 5.59. The average molecular weight is 409 g/mol. The lowest BCUT2D eigenvalue weighted by Crippen LogP contribution is -2.37. The van der Waals surface area contributed by atoms with Gasteiger partial charge in [-0.05, 0) is 49.7 Å². The van der Waals surface area contributed by atoms with Crippen LogP contribution in [0.25, 0.3) is 5.70 Å². The van der Waals surface area contributed by atoms with Gasteiger partial charge in [-0.3, -0.25) is 15.8 Å². The van der Waals surface area contributed by atoms with Crippen molar-refractivity contribution >= 4 is 22.6 Å². The molecule has 1 aliphatic heterocycles. The molecular formula is C22H24N4O2S. The molecule has 150 valence electrons. The van der Waals surface area contributed by atoms with Crippen LogP contribution in [0.3, 0.4) is 0 Å². The van der Waals surface area contributed by atoms with E-state index in [1.165, 1.54) is 17.0 Å². The van der Waals surface area contributed by atoms with Crippen LogP contribution in [0.2, 0.25) is 0 Å². The highest BCUT2D eigenvalue weighted by Gasteiger charge is 2.17. The lowest BCUT2D eigenvalue weighted by molar-refractivity contribution is 0.414. The Morgan fingerprint density at radius 1 is 1.14 bits per heavy atom. The predicted octanol–water partition coefficient (Wildman–Crippen LogP) is 4.45. The first kappa shape index (κ1) is 19.3. The number of furan rings is 1. The number of nitrogens with one attached hydrogen (secondary N) is 2. The van der Waals surface area contributed by atoms with Gasteiger partial charge in [0.2, 0.25) is 0 Å². The highest BCUT2D eigenvalue weighted by atomic mass is 32.2. The predicted molar refractivity (Wildman–Crippen MR) is 118 cm³/mol. The van der Waals surface area contributed by atoms with Crippen LogP contribution in [-0.4, -0.2) is 16.8 Å². The largest absolute Gasteiger partial charge is 0.497 e. The zero-order valence-corrected chi connectivity index (χ0v) is 17.5. The van der Waals surface area contributed by atoms with Crippen LogP contribution < -0.4 is 15.6 Å². The maximum Gasteiger partial charge on any atom is 0.180 e. The second-order valence-electron chi connectivity index (χ2n) is 6.82. The van der Waals surface area contributed by atoms with E-state index in [0.717, 1.165) is 34.5 Å². The van der Waals surface area contributed by atoms with Gasteiger partial charge in [0.05, 0.1) is 32.2 Å². The third kappa shape index (κ3) is 4.35. The summed E-state index contributed by atoms with van der Waals surface area (Å²) in [6.07, 6.45) is 1.71. The number of benzene rings is 1. The molecule has 2 aromatic heterocycles. The first-order chi connectivity index (χ1) is 14.1. The molecule has 3 heterocycles. The lowest BCUT2D eigenvalue weighted by Gasteiger charge is -2.19. The first-order valence-corrected chi connectivity index (χ1v) is 10.3. The Labute approximate surface area is 174 Å². The molecule has 0 unspecified atom stereocenters. The van der Waals surface area contributed by atoms with Crippen molar-refractivity contribution in [2.24, 2.45) is 4.99 Å². The SMILES string of the molecule is COc1ccc(CN=C2NNC(c3cc(C)n(Cc4ccco4)c3C)=CS2)cc1. The van der Waals surface area contributed by atoms with Gasteiger partial charge >= 0.3 is 0 Å². The number of hydrogen-bond donors (Lipinski definition) is 2. The summed E-state index contributed by atoms with van der Waals surface area (Å²) in [6, 6.07) is 14.1. The Balaban J connectivity index is 1.44. The monoisotopic (exact) mass is 408 g/mol. The van der Waals surface area contributed by atoms with Crippen molar-refractivity contribution in [2.75, 3.05) is 7.11 Å². The molecule has 0 aliphatic carbocycles. The second-order valence-corrected chi connectivity index (χ2v) is 7.68. The minimum absolute atomic E-state index is 0.613. The number of methoxy groups -OCH3 is 1. The van der Waals surface area contributed by atoms with Crippen molar-refractivity contribution in [3.8, 4) is 5.75 Å². The van der Waals surface area contributed by atoms with Crippen molar-refractivity contribution in [3.05, 3.63) is 82.4 Å². The Kier molecular flexibility index (Phi) is 5.67. The summed E-state index contributed by atoms with van der Waals surface area (Å²) in [5.74, 6) is 1.80. The number of hydrogen-bond acceptors (Lipinski definition) is 5. The molecule has 0 fully saturated rings. The highest BCUT2D eigenvalue weighted by Crippen LogP contribution is 2.26. The lowest BCUT2D eigenvalue weighted by atomic mass is 10.2. The minimum Gasteiger partial charge on any atom is -0.497 e. The number of thioether (sulfide) groups is 1. The summed E-state index contributed by atoms with van der Waals surface area (Å²) in [5.41, 5.74) is 12.2. The van der Waals surface area contributed by atoms with Gasteiger partial charge in [-0.25, -0.2) is 0 Å². The molecule has 0 saturated heterocycles. The number of rotatable bonds is 6. The van der Waals surface area contributed by atoms with Gasteiger partial charge < -0.3 is 13.7 Å². The molecule has 1 aromatic carbocycles. The fourth-order valence-corrected chi connectivity index (χ4v) is 3.94. The molecule has 2 N–H and O–H groups in total. The summed E-state index contributed by atoms with van der Waals surface area (Å²) in [7, 11) is 1.67. The third-order valence-corrected chi connectivity index (χ3v) is 5.72. The van der Waals surface area contributed by atoms with E-state index < -0.39 is 0 Å². The molecule has 0 atom stereocenters. The van der Waals surface area contributed by atoms with Gasteiger partial charge in [0.1, 0.15) is 11.5 Å². The van der Waals surface area contributed by atoms with Crippen LogP contribution in [0, 0.1) is 13.8 Å². The first-order valence-electron chi connectivity index (χ1n) is 9.40.